The largest absolute Gasteiger partial charge is 0.452 e. The highest BCUT2D eigenvalue weighted by atomic mass is 32.2. The summed E-state index contributed by atoms with van der Waals surface area (Å²) in [7, 11) is -3.10. The van der Waals surface area contributed by atoms with E-state index in [4.69, 9.17) is 4.74 Å². The molecule has 1 aromatic carbocycles. The molecule has 2 aromatic rings. The number of hydrogen-bond donors (Lipinski definition) is 0. The molecule has 1 aromatic heterocycles. The molecule has 0 saturated carbocycles. The third kappa shape index (κ3) is 4.42. The van der Waals surface area contributed by atoms with Crippen molar-refractivity contribution in [2.45, 2.75) is 39.7 Å². The molecule has 156 valence electrons. The molecule has 3 rings (SSSR count). The van der Waals surface area contributed by atoms with Gasteiger partial charge in [0, 0.05) is 18.0 Å². The Morgan fingerprint density at radius 2 is 1.97 bits per heavy atom. The molecule has 0 bridgehead atoms. The Morgan fingerprint density at radius 1 is 1.24 bits per heavy atom. The first-order valence-electron chi connectivity index (χ1n) is 9.82. The first kappa shape index (κ1) is 21.2. The lowest BCUT2D eigenvalue weighted by molar-refractivity contribution is -0.136. The SMILES string of the molecule is CCc1nc2ccccc2c(C)c1C(=O)OCC(=O)N(CC)[C@H]1CCS(=O)(=O)C1. The predicted molar refractivity (Wildman–Crippen MR) is 111 cm³/mol. The van der Waals surface area contributed by atoms with Gasteiger partial charge in [0.2, 0.25) is 0 Å². The Bertz CT molecular complexity index is 1050. The normalized spacial score (nSPS) is 18.0. The highest BCUT2D eigenvalue weighted by molar-refractivity contribution is 7.91. The average molecular weight is 419 g/mol. The zero-order valence-corrected chi connectivity index (χ0v) is 17.8. The van der Waals surface area contributed by atoms with Crippen molar-refractivity contribution >= 4 is 32.6 Å². The maximum atomic E-state index is 12.8. The summed E-state index contributed by atoms with van der Waals surface area (Å²) in [5.74, 6) is -0.912. The number of carbonyl (C=O) groups is 2. The standard InChI is InChI=1S/C21H26N2O5S/c1-4-17-20(14(3)16-8-6-7-9-18(16)22-17)21(25)28-12-19(24)23(5-2)15-10-11-29(26,27)13-15/h6-9,15H,4-5,10-13H2,1-3H3/t15-/m0/s1. The third-order valence-electron chi connectivity index (χ3n) is 5.40. The fourth-order valence-electron chi connectivity index (χ4n) is 3.91. The Morgan fingerprint density at radius 3 is 2.59 bits per heavy atom. The van der Waals surface area contributed by atoms with Crippen molar-refractivity contribution in [3.8, 4) is 0 Å². The van der Waals surface area contributed by atoms with Gasteiger partial charge < -0.3 is 9.64 Å². The molecule has 1 aliphatic rings. The van der Waals surface area contributed by atoms with Crippen molar-refractivity contribution in [3.05, 3.63) is 41.1 Å². The maximum Gasteiger partial charge on any atom is 0.340 e. The summed E-state index contributed by atoms with van der Waals surface area (Å²) in [5.41, 5.74) is 2.62. The molecular formula is C21H26N2O5S. The van der Waals surface area contributed by atoms with Crippen LogP contribution in [0.5, 0.6) is 0 Å². The van der Waals surface area contributed by atoms with E-state index in [9.17, 15) is 18.0 Å². The molecule has 0 radical (unpaired) electrons. The van der Waals surface area contributed by atoms with Crippen molar-refractivity contribution in [2.24, 2.45) is 0 Å². The van der Waals surface area contributed by atoms with Crippen molar-refractivity contribution < 1.29 is 22.7 Å². The number of para-hydroxylation sites is 1. The van der Waals surface area contributed by atoms with Gasteiger partial charge in [0.15, 0.2) is 16.4 Å². The van der Waals surface area contributed by atoms with Crippen LogP contribution in [0.3, 0.4) is 0 Å². The first-order valence-corrected chi connectivity index (χ1v) is 11.6. The van der Waals surface area contributed by atoms with Gasteiger partial charge >= 0.3 is 5.97 Å². The minimum Gasteiger partial charge on any atom is -0.452 e. The quantitative estimate of drug-likeness (QED) is 0.668. The molecule has 8 heteroatoms. The molecule has 1 saturated heterocycles. The Kier molecular flexibility index (Phi) is 6.21. The van der Waals surface area contributed by atoms with Gasteiger partial charge in [-0.2, -0.15) is 0 Å². The number of ether oxygens (including phenoxy) is 1. The smallest absolute Gasteiger partial charge is 0.340 e. The van der Waals surface area contributed by atoms with Crippen LogP contribution in [0.1, 0.15) is 41.9 Å². The number of esters is 1. The zero-order chi connectivity index (χ0) is 21.2. The number of fused-ring (bicyclic) bond motifs is 1. The van der Waals surface area contributed by atoms with E-state index >= 15 is 0 Å². The van der Waals surface area contributed by atoms with Crippen molar-refractivity contribution in [1.82, 2.24) is 9.88 Å². The summed E-state index contributed by atoms with van der Waals surface area (Å²) in [6.07, 6.45) is 0.981. The Hall–Kier alpha value is -2.48. The molecule has 7 nitrogen and oxygen atoms in total. The Balaban J connectivity index is 1.76. The number of rotatable bonds is 6. The van der Waals surface area contributed by atoms with E-state index in [0.29, 0.717) is 30.6 Å². The lowest BCUT2D eigenvalue weighted by Gasteiger charge is -2.26. The summed E-state index contributed by atoms with van der Waals surface area (Å²) in [6.45, 7) is 5.50. The summed E-state index contributed by atoms with van der Waals surface area (Å²) >= 11 is 0. The van der Waals surface area contributed by atoms with Crippen LogP contribution >= 0.6 is 0 Å². The van der Waals surface area contributed by atoms with E-state index in [1.807, 2.05) is 38.1 Å². The van der Waals surface area contributed by atoms with Gasteiger partial charge in [-0.25, -0.2) is 13.2 Å². The first-order chi connectivity index (χ1) is 13.8. The molecule has 1 amide bonds. The van der Waals surface area contributed by atoms with Crippen molar-refractivity contribution in [1.29, 1.82) is 0 Å². The molecule has 1 aliphatic heterocycles. The van der Waals surface area contributed by atoms with Crippen LogP contribution in [0.4, 0.5) is 0 Å². The van der Waals surface area contributed by atoms with E-state index in [1.54, 1.807) is 6.92 Å². The number of aryl methyl sites for hydroxylation is 2. The lowest BCUT2D eigenvalue weighted by Crippen LogP contribution is -2.43. The Labute approximate surface area is 171 Å². The molecule has 1 fully saturated rings. The minimum absolute atomic E-state index is 0.0335. The van der Waals surface area contributed by atoms with Crippen molar-refractivity contribution in [3.63, 3.8) is 0 Å². The summed E-state index contributed by atoms with van der Waals surface area (Å²) in [5, 5.41) is 0.870. The lowest BCUT2D eigenvalue weighted by atomic mass is 10.0. The second-order valence-corrected chi connectivity index (χ2v) is 9.47. The molecule has 0 aliphatic carbocycles. The third-order valence-corrected chi connectivity index (χ3v) is 7.15. The van der Waals surface area contributed by atoms with Gasteiger partial charge in [-0.1, -0.05) is 25.1 Å². The second kappa shape index (κ2) is 8.49. The average Bonchev–Trinajstić information content (AvgIpc) is 3.05. The monoisotopic (exact) mass is 418 g/mol. The molecular weight excluding hydrogens is 392 g/mol. The van der Waals surface area contributed by atoms with Gasteiger partial charge in [-0.3, -0.25) is 9.78 Å². The number of likely N-dealkylation sites (N-methyl/N-ethyl adjacent to an activating group) is 1. The zero-order valence-electron chi connectivity index (χ0n) is 17.0. The highest BCUT2D eigenvalue weighted by Crippen LogP contribution is 2.24. The van der Waals surface area contributed by atoms with E-state index < -0.39 is 22.4 Å². The van der Waals surface area contributed by atoms with Gasteiger partial charge in [0.25, 0.3) is 5.91 Å². The van der Waals surface area contributed by atoms with Gasteiger partial charge in [0.1, 0.15) is 0 Å². The summed E-state index contributed by atoms with van der Waals surface area (Å²) in [4.78, 5) is 31.5. The molecule has 2 heterocycles. The number of carbonyl (C=O) groups excluding carboxylic acids is 2. The minimum atomic E-state index is -3.10. The van der Waals surface area contributed by atoms with Gasteiger partial charge in [0.05, 0.1) is 28.3 Å². The van der Waals surface area contributed by atoms with Crippen LogP contribution < -0.4 is 0 Å². The second-order valence-electron chi connectivity index (χ2n) is 7.24. The number of nitrogens with zero attached hydrogens (tertiary/aromatic N) is 2. The number of pyridine rings is 1. The van der Waals surface area contributed by atoms with Crippen LogP contribution in [0, 0.1) is 6.92 Å². The van der Waals surface area contributed by atoms with Crippen LogP contribution in [0.2, 0.25) is 0 Å². The van der Waals surface area contributed by atoms with E-state index in [0.717, 1.165) is 16.5 Å². The summed E-state index contributed by atoms with van der Waals surface area (Å²) in [6, 6.07) is 7.23. The van der Waals surface area contributed by atoms with Gasteiger partial charge in [-0.15, -0.1) is 0 Å². The number of aromatic nitrogens is 1. The van der Waals surface area contributed by atoms with Crippen LogP contribution in [0.25, 0.3) is 10.9 Å². The number of sulfone groups is 1. The van der Waals surface area contributed by atoms with E-state index in [2.05, 4.69) is 4.98 Å². The van der Waals surface area contributed by atoms with Crippen LogP contribution in [-0.2, 0) is 25.8 Å². The van der Waals surface area contributed by atoms with Gasteiger partial charge in [-0.05, 0) is 38.3 Å². The van der Waals surface area contributed by atoms with Crippen LogP contribution in [0.15, 0.2) is 24.3 Å². The fraction of sp³-hybridized carbons (Fsp3) is 0.476. The van der Waals surface area contributed by atoms with E-state index in [-0.39, 0.29) is 23.5 Å². The fourth-order valence-corrected chi connectivity index (χ4v) is 5.64. The topological polar surface area (TPSA) is 93.6 Å². The van der Waals surface area contributed by atoms with Crippen LogP contribution in [-0.4, -0.2) is 60.9 Å². The number of amides is 1. The number of hydrogen-bond acceptors (Lipinski definition) is 6. The van der Waals surface area contributed by atoms with E-state index in [1.165, 1.54) is 4.90 Å². The molecule has 0 spiro atoms. The molecule has 0 N–H and O–H groups in total. The molecule has 29 heavy (non-hydrogen) atoms. The number of benzene rings is 1. The molecule has 0 unspecified atom stereocenters. The highest BCUT2D eigenvalue weighted by Gasteiger charge is 2.34. The predicted octanol–water partition coefficient (Wildman–Crippen LogP) is 2.30. The van der Waals surface area contributed by atoms with Crippen molar-refractivity contribution in [2.75, 3.05) is 24.7 Å². The summed E-state index contributed by atoms with van der Waals surface area (Å²) < 4.78 is 28.8. The molecule has 1 atom stereocenters. The maximum absolute atomic E-state index is 12.8.